The van der Waals surface area contributed by atoms with E-state index in [-0.39, 0.29) is 11.9 Å². The Bertz CT molecular complexity index is 805. The Balaban J connectivity index is 1.78. The highest BCUT2D eigenvalue weighted by Crippen LogP contribution is 2.27. The summed E-state index contributed by atoms with van der Waals surface area (Å²) in [5.74, 6) is 0.341. The molecule has 1 aliphatic rings. The van der Waals surface area contributed by atoms with E-state index < -0.39 is 11.9 Å². The lowest BCUT2D eigenvalue weighted by molar-refractivity contribution is -0.117. The Morgan fingerprint density at radius 3 is 2.78 bits per heavy atom. The van der Waals surface area contributed by atoms with Crippen LogP contribution in [0.3, 0.4) is 0 Å². The summed E-state index contributed by atoms with van der Waals surface area (Å²) >= 11 is 7.20. The van der Waals surface area contributed by atoms with Crippen molar-refractivity contribution in [1.82, 2.24) is 25.4 Å². The van der Waals surface area contributed by atoms with Crippen molar-refractivity contribution < 1.29 is 14.3 Å². The number of nitrogens with zero attached hydrogens (tertiary/aromatic N) is 3. The number of aromatic nitrogens is 3. The first kappa shape index (κ1) is 19.7. The molecule has 0 aliphatic carbocycles. The molecule has 1 saturated heterocycles. The van der Waals surface area contributed by atoms with Gasteiger partial charge in [-0.25, -0.2) is 4.79 Å². The van der Waals surface area contributed by atoms with Gasteiger partial charge in [0.05, 0.1) is 18.4 Å². The summed E-state index contributed by atoms with van der Waals surface area (Å²) in [7, 11) is 1.45. The minimum absolute atomic E-state index is 0.0533. The van der Waals surface area contributed by atoms with Gasteiger partial charge in [0.1, 0.15) is 0 Å². The van der Waals surface area contributed by atoms with Crippen molar-refractivity contribution in [2.75, 3.05) is 19.4 Å². The fourth-order valence-electron chi connectivity index (χ4n) is 2.72. The zero-order valence-electron chi connectivity index (χ0n) is 14.8. The van der Waals surface area contributed by atoms with Gasteiger partial charge in [-0.3, -0.25) is 14.7 Å². The zero-order chi connectivity index (χ0) is 19.2. The predicted molar refractivity (Wildman–Crippen MR) is 103 cm³/mol. The van der Waals surface area contributed by atoms with Crippen molar-refractivity contribution in [3.05, 3.63) is 29.3 Å². The fraction of sp³-hybridized carbons (Fsp3) is 0.412. The normalized spacial score (nSPS) is 16.3. The molecule has 1 unspecified atom stereocenters. The number of rotatable bonds is 6. The molecule has 144 valence electrons. The molecule has 1 fully saturated rings. The van der Waals surface area contributed by atoms with E-state index in [1.165, 1.54) is 18.8 Å². The fourth-order valence-corrected chi connectivity index (χ4v) is 3.59. The van der Waals surface area contributed by atoms with Crippen LogP contribution in [0.15, 0.2) is 29.4 Å². The number of halogens is 1. The topological polar surface area (TPSA) is 98.1 Å². The molecule has 3 amide bonds. The second-order valence-corrected chi connectivity index (χ2v) is 7.35. The molecular formula is C17H20ClN5O3S. The lowest BCUT2D eigenvalue weighted by atomic mass is 10.2. The van der Waals surface area contributed by atoms with Crippen molar-refractivity contribution >= 4 is 35.3 Å². The van der Waals surface area contributed by atoms with E-state index in [9.17, 15) is 9.59 Å². The molecule has 0 radical (unpaired) electrons. The number of carbonyl (C=O) groups excluding carboxylic acids is 2. The Hall–Kier alpha value is -2.10. The first-order valence-corrected chi connectivity index (χ1v) is 9.88. The second kappa shape index (κ2) is 9.20. The molecule has 0 saturated carbocycles. The molecule has 1 aromatic carbocycles. The number of nitrogens with one attached hydrogen (secondary N) is 2. The number of imide groups is 1. The van der Waals surface area contributed by atoms with Crippen molar-refractivity contribution in [3.8, 4) is 11.4 Å². The van der Waals surface area contributed by atoms with Crippen LogP contribution in [0.2, 0.25) is 5.02 Å². The number of urea groups is 1. The Morgan fingerprint density at radius 1 is 1.33 bits per heavy atom. The third-order valence-electron chi connectivity index (χ3n) is 4.04. The Kier molecular flexibility index (Phi) is 6.70. The van der Waals surface area contributed by atoms with Crippen molar-refractivity contribution in [3.63, 3.8) is 0 Å². The molecule has 27 heavy (non-hydrogen) atoms. The van der Waals surface area contributed by atoms with Gasteiger partial charge in [-0.2, -0.15) is 0 Å². The molecule has 0 bridgehead atoms. The van der Waals surface area contributed by atoms with E-state index in [1.54, 1.807) is 12.1 Å². The van der Waals surface area contributed by atoms with Crippen LogP contribution in [0, 0.1) is 0 Å². The molecule has 2 N–H and O–H groups in total. The molecule has 3 rings (SSSR count). The zero-order valence-corrected chi connectivity index (χ0v) is 16.3. The largest absolute Gasteiger partial charge is 0.376 e. The number of hydrogen-bond acceptors (Lipinski definition) is 6. The molecule has 2 heterocycles. The summed E-state index contributed by atoms with van der Waals surface area (Å²) < 4.78 is 7.70. The third kappa shape index (κ3) is 5.21. The quantitative estimate of drug-likeness (QED) is 0.710. The summed E-state index contributed by atoms with van der Waals surface area (Å²) in [5, 5.41) is 14.3. The maximum Gasteiger partial charge on any atom is 0.321 e. The summed E-state index contributed by atoms with van der Waals surface area (Å²) in [6.45, 7) is 1.35. The van der Waals surface area contributed by atoms with E-state index in [0.717, 1.165) is 25.0 Å². The minimum atomic E-state index is -0.539. The van der Waals surface area contributed by atoms with Crippen molar-refractivity contribution in [2.24, 2.45) is 0 Å². The van der Waals surface area contributed by atoms with Crippen molar-refractivity contribution in [2.45, 2.75) is 30.6 Å². The highest BCUT2D eigenvalue weighted by atomic mass is 35.5. The predicted octanol–water partition coefficient (Wildman–Crippen LogP) is 2.33. The summed E-state index contributed by atoms with van der Waals surface area (Å²) in [5.41, 5.74) is 0.881. The van der Waals surface area contributed by atoms with E-state index in [2.05, 4.69) is 20.8 Å². The maximum atomic E-state index is 11.9. The number of thioether (sulfide) groups is 1. The van der Waals surface area contributed by atoms with Gasteiger partial charge < -0.3 is 10.1 Å². The van der Waals surface area contributed by atoms with Gasteiger partial charge in [0.15, 0.2) is 11.0 Å². The highest BCUT2D eigenvalue weighted by Gasteiger charge is 2.22. The van der Waals surface area contributed by atoms with Crippen molar-refractivity contribution in [1.29, 1.82) is 0 Å². The highest BCUT2D eigenvalue weighted by molar-refractivity contribution is 7.99. The lowest BCUT2D eigenvalue weighted by Crippen LogP contribution is -2.38. The standard InChI is InChI=1S/C17H20ClN5O3S/c1-19-16(25)20-14(24)10-27-17-22-21-15(11-4-6-12(18)7-5-11)23(17)9-13-3-2-8-26-13/h4-7,13H,2-3,8-10H2,1H3,(H2,19,20,24,25). The third-order valence-corrected chi connectivity index (χ3v) is 5.26. The number of ether oxygens (including phenoxy) is 1. The van der Waals surface area contributed by atoms with E-state index >= 15 is 0 Å². The molecule has 1 atom stereocenters. The van der Waals surface area contributed by atoms with Crippen LogP contribution in [-0.4, -0.2) is 52.2 Å². The molecule has 8 nitrogen and oxygen atoms in total. The van der Waals surface area contributed by atoms with E-state index in [1.807, 2.05) is 16.7 Å². The summed E-state index contributed by atoms with van der Waals surface area (Å²) in [6, 6.07) is 6.82. The number of hydrogen-bond donors (Lipinski definition) is 2. The average molecular weight is 410 g/mol. The molecule has 1 aromatic heterocycles. The van der Waals surface area contributed by atoms with Crippen LogP contribution in [0.25, 0.3) is 11.4 Å². The van der Waals surface area contributed by atoms with Crippen LogP contribution in [-0.2, 0) is 16.1 Å². The molecule has 2 aromatic rings. The molecule has 1 aliphatic heterocycles. The number of carbonyl (C=O) groups is 2. The second-order valence-electron chi connectivity index (χ2n) is 5.97. The van der Waals surface area contributed by atoms with Gasteiger partial charge in [-0.15, -0.1) is 10.2 Å². The Labute approximate surface area is 166 Å². The number of benzene rings is 1. The lowest BCUT2D eigenvalue weighted by Gasteiger charge is -2.14. The maximum absolute atomic E-state index is 11.9. The smallest absolute Gasteiger partial charge is 0.321 e. The van der Waals surface area contributed by atoms with Gasteiger partial charge in [0.2, 0.25) is 5.91 Å². The van der Waals surface area contributed by atoms with Gasteiger partial charge in [-0.05, 0) is 37.1 Å². The SMILES string of the molecule is CNC(=O)NC(=O)CSc1nnc(-c2ccc(Cl)cc2)n1CC1CCCO1. The van der Waals surface area contributed by atoms with Crippen LogP contribution in [0.1, 0.15) is 12.8 Å². The summed E-state index contributed by atoms with van der Waals surface area (Å²) in [6.07, 6.45) is 2.09. The van der Waals surface area contributed by atoms with E-state index in [0.29, 0.717) is 22.5 Å². The van der Waals surface area contributed by atoms with Gasteiger partial charge in [0, 0.05) is 24.2 Å². The Morgan fingerprint density at radius 2 is 2.11 bits per heavy atom. The molecule has 0 spiro atoms. The first-order chi connectivity index (χ1) is 13.1. The van der Waals surface area contributed by atoms with Crippen LogP contribution in [0.4, 0.5) is 4.79 Å². The van der Waals surface area contributed by atoms with Crippen LogP contribution in [0.5, 0.6) is 0 Å². The first-order valence-electron chi connectivity index (χ1n) is 8.52. The minimum Gasteiger partial charge on any atom is -0.376 e. The number of amides is 3. The van der Waals surface area contributed by atoms with Gasteiger partial charge >= 0.3 is 6.03 Å². The van der Waals surface area contributed by atoms with Gasteiger partial charge in [-0.1, -0.05) is 23.4 Å². The monoisotopic (exact) mass is 409 g/mol. The summed E-state index contributed by atoms with van der Waals surface area (Å²) in [4.78, 5) is 23.1. The van der Waals surface area contributed by atoms with Crippen LogP contribution < -0.4 is 10.6 Å². The molecular weight excluding hydrogens is 390 g/mol. The van der Waals surface area contributed by atoms with Crippen LogP contribution >= 0.6 is 23.4 Å². The average Bonchev–Trinajstić information content (AvgIpc) is 3.31. The van der Waals surface area contributed by atoms with Gasteiger partial charge in [0.25, 0.3) is 0 Å². The van der Waals surface area contributed by atoms with E-state index in [4.69, 9.17) is 16.3 Å². The molecule has 10 heteroatoms.